The summed E-state index contributed by atoms with van der Waals surface area (Å²) in [6, 6.07) is 0. The number of allylic oxidation sites excluding steroid dienone is 2. The predicted octanol–water partition coefficient (Wildman–Crippen LogP) is 2.40. The van der Waals surface area contributed by atoms with Crippen molar-refractivity contribution in [2.75, 3.05) is 32.7 Å². The third kappa shape index (κ3) is 2.37. The first-order valence-electron chi connectivity index (χ1n) is 6.48. The van der Waals surface area contributed by atoms with Gasteiger partial charge < -0.3 is 0 Å². The van der Waals surface area contributed by atoms with E-state index < -0.39 is 0 Å². The fourth-order valence-corrected chi connectivity index (χ4v) is 2.57. The Hall–Kier alpha value is -0.640. The fourth-order valence-electron chi connectivity index (χ4n) is 2.57. The Balaban J connectivity index is 3.00. The zero-order valence-electron chi connectivity index (χ0n) is 11.2. The molecule has 3 nitrogen and oxygen atoms in total. The molecule has 0 atom stereocenters. The average molecular weight is 224 g/mol. The van der Waals surface area contributed by atoms with E-state index >= 15 is 0 Å². The molecule has 16 heavy (non-hydrogen) atoms. The van der Waals surface area contributed by atoms with Crippen LogP contribution in [0.15, 0.2) is 24.4 Å². The summed E-state index contributed by atoms with van der Waals surface area (Å²) in [7, 11) is 0. The molecule has 0 amide bonds. The van der Waals surface area contributed by atoms with Gasteiger partial charge in [-0.05, 0) is 39.8 Å². The number of quaternary nitrogens is 1. The SMILES string of the molecule is CCN(CC)[N+]1(N(CC)CC)C=CC=CC1. The zero-order valence-corrected chi connectivity index (χ0v) is 11.2. The second-order valence-corrected chi connectivity index (χ2v) is 4.02. The molecular formula is C13H26N3+. The van der Waals surface area contributed by atoms with Gasteiger partial charge in [-0.25, -0.2) is 0 Å². The van der Waals surface area contributed by atoms with Crippen LogP contribution in [-0.4, -0.2) is 47.4 Å². The fraction of sp³-hybridized carbons (Fsp3) is 0.692. The minimum absolute atomic E-state index is 0.858. The van der Waals surface area contributed by atoms with Crippen molar-refractivity contribution >= 4 is 0 Å². The second kappa shape index (κ2) is 6.18. The van der Waals surface area contributed by atoms with Gasteiger partial charge in [-0.2, -0.15) is 0 Å². The number of nitrogens with zero attached hydrogens (tertiary/aromatic N) is 3. The van der Waals surface area contributed by atoms with E-state index in [2.05, 4.69) is 62.1 Å². The maximum absolute atomic E-state index is 2.49. The van der Waals surface area contributed by atoms with Crippen LogP contribution in [0, 0.1) is 0 Å². The molecule has 3 heteroatoms. The Morgan fingerprint density at radius 3 is 1.69 bits per heavy atom. The first kappa shape index (κ1) is 13.4. The normalized spacial score (nSPS) is 18.6. The van der Waals surface area contributed by atoms with Crippen LogP contribution in [0.1, 0.15) is 27.7 Å². The summed E-state index contributed by atoms with van der Waals surface area (Å²) >= 11 is 0. The second-order valence-electron chi connectivity index (χ2n) is 4.02. The molecule has 0 aliphatic carbocycles. The highest BCUT2D eigenvalue weighted by molar-refractivity contribution is 5.03. The molecule has 0 bridgehead atoms. The summed E-state index contributed by atoms with van der Waals surface area (Å²) in [6.07, 6.45) is 8.88. The van der Waals surface area contributed by atoms with Gasteiger partial charge in [0.15, 0.2) is 0 Å². The standard InChI is InChI=1S/C13H26N3/c1-5-14(6-2)16(15(7-3)8-4)12-10-9-11-13-16/h9-12H,5-8,13H2,1-4H3/q+1. The summed E-state index contributed by atoms with van der Waals surface area (Å²) in [5.41, 5.74) is 0. The lowest BCUT2D eigenvalue weighted by Gasteiger charge is -2.47. The highest BCUT2D eigenvalue weighted by Gasteiger charge is 2.37. The molecule has 1 heterocycles. The van der Waals surface area contributed by atoms with Crippen molar-refractivity contribution in [3.8, 4) is 0 Å². The van der Waals surface area contributed by atoms with Gasteiger partial charge in [0, 0.05) is 26.2 Å². The smallest absolute Gasteiger partial charge is 0.137 e. The van der Waals surface area contributed by atoms with E-state index in [1.54, 1.807) is 0 Å². The van der Waals surface area contributed by atoms with Crippen molar-refractivity contribution in [3.63, 3.8) is 0 Å². The van der Waals surface area contributed by atoms with Crippen LogP contribution in [0.4, 0.5) is 0 Å². The van der Waals surface area contributed by atoms with Gasteiger partial charge >= 0.3 is 0 Å². The Morgan fingerprint density at radius 1 is 0.875 bits per heavy atom. The highest BCUT2D eigenvalue weighted by atomic mass is 16.0. The number of rotatable bonds is 6. The van der Waals surface area contributed by atoms with E-state index in [4.69, 9.17) is 0 Å². The predicted molar refractivity (Wildman–Crippen MR) is 69.2 cm³/mol. The van der Waals surface area contributed by atoms with Gasteiger partial charge in [0.2, 0.25) is 0 Å². The van der Waals surface area contributed by atoms with Crippen molar-refractivity contribution in [2.24, 2.45) is 0 Å². The maximum Gasteiger partial charge on any atom is 0.139 e. The van der Waals surface area contributed by atoms with Gasteiger partial charge in [0.1, 0.15) is 12.7 Å². The van der Waals surface area contributed by atoms with Crippen molar-refractivity contribution < 1.29 is 4.70 Å². The van der Waals surface area contributed by atoms with Crippen LogP contribution in [-0.2, 0) is 0 Å². The van der Waals surface area contributed by atoms with E-state index in [1.165, 1.54) is 0 Å². The lowest BCUT2D eigenvalue weighted by Crippen LogP contribution is -2.66. The van der Waals surface area contributed by atoms with Crippen LogP contribution in [0.3, 0.4) is 0 Å². The van der Waals surface area contributed by atoms with E-state index in [-0.39, 0.29) is 0 Å². The molecule has 1 rings (SSSR count). The van der Waals surface area contributed by atoms with Crippen LogP contribution in [0.2, 0.25) is 0 Å². The first-order valence-corrected chi connectivity index (χ1v) is 6.48. The van der Waals surface area contributed by atoms with Crippen LogP contribution < -0.4 is 0 Å². The molecule has 92 valence electrons. The van der Waals surface area contributed by atoms with Gasteiger partial charge in [-0.1, -0.05) is 6.08 Å². The minimum Gasteiger partial charge on any atom is -0.137 e. The molecule has 1 aliphatic rings. The Morgan fingerprint density at radius 2 is 1.38 bits per heavy atom. The zero-order chi connectivity index (χ0) is 12.0. The van der Waals surface area contributed by atoms with E-state index in [0.717, 1.165) is 37.4 Å². The summed E-state index contributed by atoms with van der Waals surface area (Å²) in [4.78, 5) is 0. The van der Waals surface area contributed by atoms with Crippen LogP contribution >= 0.6 is 0 Å². The summed E-state index contributed by atoms with van der Waals surface area (Å²) < 4.78 is 0.858. The van der Waals surface area contributed by atoms with Crippen molar-refractivity contribution in [1.29, 1.82) is 0 Å². The maximum atomic E-state index is 2.49. The quantitative estimate of drug-likeness (QED) is 0.639. The minimum atomic E-state index is 0.858. The highest BCUT2D eigenvalue weighted by Crippen LogP contribution is 2.21. The van der Waals surface area contributed by atoms with Crippen molar-refractivity contribution in [2.45, 2.75) is 27.7 Å². The average Bonchev–Trinajstić information content (AvgIpc) is 2.33. The van der Waals surface area contributed by atoms with Crippen LogP contribution in [0.5, 0.6) is 0 Å². The lowest BCUT2D eigenvalue weighted by atomic mass is 10.3. The van der Waals surface area contributed by atoms with E-state index in [0.29, 0.717) is 0 Å². The molecule has 0 saturated carbocycles. The molecule has 0 spiro atoms. The monoisotopic (exact) mass is 224 g/mol. The number of hydrogen-bond acceptors (Lipinski definition) is 2. The van der Waals surface area contributed by atoms with Gasteiger partial charge in [-0.3, -0.25) is 0 Å². The van der Waals surface area contributed by atoms with Gasteiger partial charge in [-0.15, -0.1) is 14.7 Å². The molecule has 1 aliphatic heterocycles. The molecular weight excluding hydrogens is 198 g/mol. The Labute approximate surface area is 100 Å². The van der Waals surface area contributed by atoms with E-state index in [9.17, 15) is 0 Å². The summed E-state index contributed by atoms with van der Waals surface area (Å²) in [5, 5.41) is 4.99. The third-order valence-corrected chi connectivity index (χ3v) is 3.39. The Kier molecular flexibility index (Phi) is 5.19. The molecule has 0 aromatic heterocycles. The lowest BCUT2D eigenvalue weighted by molar-refractivity contribution is -1.09. The van der Waals surface area contributed by atoms with Gasteiger partial charge in [0.05, 0.1) is 0 Å². The first-order chi connectivity index (χ1) is 7.75. The molecule has 0 N–H and O–H groups in total. The molecule has 0 fully saturated rings. The summed E-state index contributed by atoms with van der Waals surface area (Å²) in [6.45, 7) is 14.3. The number of hydrogen-bond donors (Lipinski definition) is 0. The topological polar surface area (TPSA) is 6.48 Å². The van der Waals surface area contributed by atoms with E-state index in [1.807, 2.05) is 0 Å². The van der Waals surface area contributed by atoms with Gasteiger partial charge in [0.25, 0.3) is 0 Å². The third-order valence-electron chi connectivity index (χ3n) is 3.39. The molecule has 0 aromatic carbocycles. The largest absolute Gasteiger partial charge is 0.139 e. The van der Waals surface area contributed by atoms with Crippen molar-refractivity contribution in [3.05, 3.63) is 24.4 Å². The Bertz CT molecular complexity index is 238. The molecule has 0 saturated heterocycles. The molecule has 0 radical (unpaired) electrons. The summed E-state index contributed by atoms with van der Waals surface area (Å²) in [5.74, 6) is 0. The molecule has 0 aromatic rings. The van der Waals surface area contributed by atoms with Crippen molar-refractivity contribution in [1.82, 2.24) is 10.0 Å². The molecule has 0 unspecified atom stereocenters. The van der Waals surface area contributed by atoms with Crippen LogP contribution in [0.25, 0.3) is 0 Å².